The fourth-order valence-electron chi connectivity index (χ4n) is 2.15. The lowest BCUT2D eigenvalue weighted by Crippen LogP contribution is -2.32. The van der Waals surface area contributed by atoms with Gasteiger partial charge in [0.1, 0.15) is 18.2 Å². The minimum Gasteiger partial charge on any atom is -0.370 e. The van der Waals surface area contributed by atoms with Crippen LogP contribution in [-0.2, 0) is 0 Å². The van der Waals surface area contributed by atoms with E-state index in [0.29, 0.717) is 30.6 Å². The standard InChI is InChI=1S/C15H20F2N4O/c1-2-3-6-20-15(22)12-9-11(16)4-5-13(12)21(17)10-14-18-7-8-19-14/h4-5,9H,2-3,6-8,10H2,1H3,(H,18,19)(H,20,22). The molecule has 2 rings (SSSR count). The number of aliphatic imine (C=N–C) groups is 1. The Bertz CT molecular complexity index is 562. The van der Waals surface area contributed by atoms with Crippen LogP contribution >= 0.6 is 0 Å². The minimum atomic E-state index is -0.575. The highest BCUT2D eigenvalue weighted by molar-refractivity contribution is 6.00. The Balaban J connectivity index is 2.13. The second kappa shape index (κ2) is 7.72. The zero-order valence-corrected chi connectivity index (χ0v) is 12.5. The molecule has 0 saturated heterocycles. The second-order valence-corrected chi connectivity index (χ2v) is 5.05. The fraction of sp³-hybridized carbons (Fsp3) is 0.467. The van der Waals surface area contributed by atoms with Gasteiger partial charge in [0.15, 0.2) is 0 Å². The van der Waals surface area contributed by atoms with Crippen molar-refractivity contribution < 1.29 is 13.7 Å². The van der Waals surface area contributed by atoms with Gasteiger partial charge in [0, 0.05) is 13.1 Å². The van der Waals surface area contributed by atoms with Gasteiger partial charge in [-0.15, -0.1) is 0 Å². The average Bonchev–Trinajstić information content (AvgIpc) is 3.00. The van der Waals surface area contributed by atoms with Crippen LogP contribution in [0.5, 0.6) is 0 Å². The molecule has 1 heterocycles. The highest BCUT2D eigenvalue weighted by Gasteiger charge is 2.19. The number of halogens is 2. The van der Waals surface area contributed by atoms with E-state index in [1.807, 2.05) is 6.92 Å². The largest absolute Gasteiger partial charge is 0.370 e. The minimum absolute atomic E-state index is 0.0165. The summed E-state index contributed by atoms with van der Waals surface area (Å²) in [7, 11) is 0. The van der Waals surface area contributed by atoms with E-state index in [4.69, 9.17) is 0 Å². The number of amidine groups is 1. The SMILES string of the molecule is CCCCNC(=O)c1cc(F)ccc1N(F)CC1=NCCN1. The number of nitrogens with zero attached hydrogens (tertiary/aromatic N) is 2. The van der Waals surface area contributed by atoms with Gasteiger partial charge < -0.3 is 10.6 Å². The first-order chi connectivity index (χ1) is 10.6. The van der Waals surface area contributed by atoms with Gasteiger partial charge in [-0.3, -0.25) is 9.79 Å². The molecule has 1 aliphatic heterocycles. The molecule has 0 fully saturated rings. The Morgan fingerprint density at radius 3 is 3.00 bits per heavy atom. The molecule has 0 spiro atoms. The van der Waals surface area contributed by atoms with Gasteiger partial charge in [-0.25, -0.2) is 9.51 Å². The number of hydrogen-bond acceptors (Lipinski definition) is 4. The number of hydrogen-bond donors (Lipinski definition) is 2. The number of nitrogens with one attached hydrogen (secondary N) is 2. The van der Waals surface area contributed by atoms with Crippen LogP contribution in [-0.4, -0.2) is 37.9 Å². The summed E-state index contributed by atoms with van der Waals surface area (Å²) in [6.45, 7) is 3.67. The highest BCUT2D eigenvalue weighted by Crippen LogP contribution is 2.22. The fourth-order valence-corrected chi connectivity index (χ4v) is 2.15. The van der Waals surface area contributed by atoms with Crippen LogP contribution in [0.15, 0.2) is 23.2 Å². The van der Waals surface area contributed by atoms with Crippen molar-refractivity contribution >= 4 is 17.4 Å². The molecule has 1 aromatic rings. The van der Waals surface area contributed by atoms with Crippen LogP contribution in [0.4, 0.5) is 14.6 Å². The lowest BCUT2D eigenvalue weighted by molar-refractivity contribution is 0.0952. The third kappa shape index (κ3) is 4.16. The van der Waals surface area contributed by atoms with Crippen molar-refractivity contribution in [2.45, 2.75) is 19.8 Å². The summed E-state index contributed by atoms with van der Waals surface area (Å²) < 4.78 is 27.7. The Morgan fingerprint density at radius 1 is 1.50 bits per heavy atom. The van der Waals surface area contributed by atoms with Crippen molar-refractivity contribution in [3.63, 3.8) is 0 Å². The maximum Gasteiger partial charge on any atom is 0.253 e. The van der Waals surface area contributed by atoms with Gasteiger partial charge in [0.25, 0.3) is 5.91 Å². The number of anilines is 1. The molecule has 22 heavy (non-hydrogen) atoms. The number of carbonyl (C=O) groups is 1. The van der Waals surface area contributed by atoms with Gasteiger partial charge in [-0.05, 0) is 24.6 Å². The quantitative estimate of drug-likeness (QED) is 0.598. The van der Waals surface area contributed by atoms with Crippen molar-refractivity contribution in [2.24, 2.45) is 4.99 Å². The van der Waals surface area contributed by atoms with Gasteiger partial charge in [0.2, 0.25) is 0 Å². The maximum atomic E-state index is 14.3. The molecule has 120 valence electrons. The zero-order valence-electron chi connectivity index (χ0n) is 12.5. The van der Waals surface area contributed by atoms with E-state index in [2.05, 4.69) is 15.6 Å². The van der Waals surface area contributed by atoms with Crippen LogP contribution in [0.2, 0.25) is 0 Å². The third-order valence-corrected chi connectivity index (χ3v) is 3.31. The second-order valence-electron chi connectivity index (χ2n) is 5.05. The summed E-state index contributed by atoms with van der Waals surface area (Å²) in [5, 5.41) is 6.03. The van der Waals surface area contributed by atoms with Crippen LogP contribution in [0, 0.1) is 5.82 Å². The first-order valence-electron chi connectivity index (χ1n) is 7.40. The summed E-state index contributed by atoms with van der Waals surface area (Å²) in [5.74, 6) is -0.537. The molecule has 1 amide bonds. The smallest absolute Gasteiger partial charge is 0.253 e. The van der Waals surface area contributed by atoms with Crippen molar-refractivity contribution in [1.82, 2.24) is 10.6 Å². The molecular formula is C15H20F2N4O. The molecule has 0 aromatic heterocycles. The van der Waals surface area contributed by atoms with Crippen molar-refractivity contribution in [3.05, 3.63) is 29.6 Å². The Hall–Kier alpha value is -2.18. The number of rotatable bonds is 7. The normalized spacial score (nSPS) is 13.5. The first-order valence-corrected chi connectivity index (χ1v) is 7.40. The molecule has 7 heteroatoms. The van der Waals surface area contributed by atoms with Crippen LogP contribution in [0.3, 0.4) is 0 Å². The summed E-state index contributed by atoms with van der Waals surface area (Å²) in [6, 6.07) is 3.45. The van der Waals surface area contributed by atoms with Crippen LogP contribution < -0.4 is 15.8 Å². The summed E-state index contributed by atoms with van der Waals surface area (Å²) in [4.78, 5) is 16.2. The number of carbonyl (C=O) groups excluding carboxylic acids is 1. The highest BCUT2D eigenvalue weighted by atomic mass is 19.2. The predicted octanol–water partition coefficient (Wildman–Crippen LogP) is 2.05. The van der Waals surface area contributed by atoms with Gasteiger partial charge in [0.05, 0.1) is 17.8 Å². The monoisotopic (exact) mass is 310 g/mol. The van der Waals surface area contributed by atoms with Crippen molar-refractivity contribution in [2.75, 3.05) is 31.3 Å². The van der Waals surface area contributed by atoms with Crippen molar-refractivity contribution in [1.29, 1.82) is 0 Å². The summed E-state index contributed by atoms with van der Waals surface area (Å²) in [5.41, 5.74) is 0.0176. The molecule has 1 aromatic carbocycles. The van der Waals surface area contributed by atoms with Gasteiger partial charge in [-0.1, -0.05) is 17.8 Å². The topological polar surface area (TPSA) is 56.7 Å². The average molecular weight is 310 g/mol. The Labute approximate surface area is 128 Å². The van der Waals surface area contributed by atoms with E-state index < -0.39 is 11.7 Å². The first kappa shape index (κ1) is 16.2. The van der Waals surface area contributed by atoms with Gasteiger partial charge in [-0.2, -0.15) is 0 Å². The predicted molar refractivity (Wildman–Crippen MR) is 82.4 cm³/mol. The van der Waals surface area contributed by atoms with E-state index in [1.165, 1.54) is 6.07 Å². The molecule has 0 radical (unpaired) electrons. The molecule has 5 nitrogen and oxygen atoms in total. The molecule has 1 aliphatic rings. The van der Waals surface area contributed by atoms with Gasteiger partial charge >= 0.3 is 0 Å². The lowest BCUT2D eigenvalue weighted by Gasteiger charge is -2.17. The summed E-state index contributed by atoms with van der Waals surface area (Å²) >= 11 is 0. The number of unbranched alkanes of at least 4 members (excludes halogenated alkanes) is 1. The Kier molecular flexibility index (Phi) is 5.68. The molecule has 0 bridgehead atoms. The molecular weight excluding hydrogens is 290 g/mol. The lowest BCUT2D eigenvalue weighted by atomic mass is 10.1. The third-order valence-electron chi connectivity index (χ3n) is 3.31. The zero-order chi connectivity index (χ0) is 15.9. The molecule has 0 unspecified atom stereocenters. The molecule has 0 atom stereocenters. The van der Waals surface area contributed by atoms with Crippen LogP contribution in [0.25, 0.3) is 0 Å². The van der Waals surface area contributed by atoms with E-state index in [0.717, 1.165) is 25.0 Å². The number of amides is 1. The molecule has 2 N–H and O–H groups in total. The Morgan fingerprint density at radius 2 is 2.32 bits per heavy atom. The van der Waals surface area contributed by atoms with E-state index in [1.54, 1.807) is 0 Å². The van der Waals surface area contributed by atoms with E-state index in [-0.39, 0.29) is 17.8 Å². The van der Waals surface area contributed by atoms with E-state index in [9.17, 15) is 13.7 Å². The summed E-state index contributed by atoms with van der Waals surface area (Å²) in [6.07, 6.45) is 1.74. The number of benzene rings is 1. The van der Waals surface area contributed by atoms with Crippen molar-refractivity contribution in [3.8, 4) is 0 Å². The van der Waals surface area contributed by atoms with E-state index >= 15 is 0 Å². The maximum absolute atomic E-state index is 14.3. The van der Waals surface area contributed by atoms with Crippen LogP contribution in [0.1, 0.15) is 30.1 Å². The molecule has 0 saturated carbocycles. The molecule has 0 aliphatic carbocycles.